The molecule has 23 heavy (non-hydrogen) atoms. The first-order valence-electron chi connectivity index (χ1n) is 7.68. The minimum absolute atomic E-state index is 0.317. The van der Waals surface area contributed by atoms with Crippen LogP contribution in [0.15, 0.2) is 58.0 Å². The topological polar surface area (TPSA) is 56.8 Å². The van der Waals surface area contributed by atoms with Crippen molar-refractivity contribution in [2.75, 3.05) is 31.2 Å². The van der Waals surface area contributed by atoms with E-state index in [9.17, 15) is 4.79 Å². The summed E-state index contributed by atoms with van der Waals surface area (Å²) in [6.45, 7) is 3.17. The Kier molecular flexibility index (Phi) is 3.55. The molecule has 1 saturated heterocycles. The number of aromatic nitrogens is 1. The standard InChI is InChI=1S/C18H16N2O3/c21-18-16(13-3-5-19-6-4-13)11-14-1-2-15(12-17(14)23-18)20-7-9-22-10-8-20/h1-6,11-12H,7-10H2/p+1. The molecule has 5 nitrogen and oxygen atoms in total. The Morgan fingerprint density at radius 2 is 1.78 bits per heavy atom. The van der Waals surface area contributed by atoms with Crippen LogP contribution in [-0.4, -0.2) is 26.3 Å². The first kappa shape index (κ1) is 14.0. The van der Waals surface area contributed by atoms with Crippen LogP contribution in [0.25, 0.3) is 22.1 Å². The van der Waals surface area contributed by atoms with E-state index in [4.69, 9.17) is 9.15 Å². The number of morpholine rings is 1. The molecule has 0 radical (unpaired) electrons. The largest absolute Gasteiger partial charge is 0.422 e. The summed E-state index contributed by atoms with van der Waals surface area (Å²) in [6.07, 6.45) is 3.58. The lowest BCUT2D eigenvalue weighted by atomic mass is 10.1. The molecule has 0 atom stereocenters. The third-order valence-electron chi connectivity index (χ3n) is 4.13. The molecule has 0 spiro atoms. The van der Waals surface area contributed by atoms with Crippen molar-refractivity contribution in [1.29, 1.82) is 0 Å². The van der Waals surface area contributed by atoms with Crippen molar-refractivity contribution in [3.8, 4) is 11.1 Å². The molecule has 3 heterocycles. The van der Waals surface area contributed by atoms with Gasteiger partial charge in [-0.15, -0.1) is 0 Å². The Balaban J connectivity index is 1.77. The van der Waals surface area contributed by atoms with E-state index >= 15 is 0 Å². The minimum atomic E-state index is -0.317. The number of hydrogen-bond acceptors (Lipinski definition) is 4. The number of nitrogens with one attached hydrogen (secondary N) is 1. The van der Waals surface area contributed by atoms with E-state index < -0.39 is 0 Å². The van der Waals surface area contributed by atoms with E-state index in [2.05, 4.69) is 16.0 Å². The van der Waals surface area contributed by atoms with Crippen LogP contribution < -0.4 is 15.5 Å². The van der Waals surface area contributed by atoms with E-state index in [1.54, 1.807) is 12.4 Å². The van der Waals surface area contributed by atoms with Crippen molar-refractivity contribution in [3.05, 3.63) is 59.2 Å². The highest BCUT2D eigenvalue weighted by atomic mass is 16.5. The molecular weight excluding hydrogens is 292 g/mol. The van der Waals surface area contributed by atoms with Crippen LogP contribution in [0.3, 0.4) is 0 Å². The molecule has 0 amide bonds. The molecule has 1 N–H and O–H groups in total. The van der Waals surface area contributed by atoms with Crippen LogP contribution in [0, 0.1) is 0 Å². The Hall–Kier alpha value is -2.66. The smallest absolute Gasteiger partial charge is 0.344 e. The summed E-state index contributed by atoms with van der Waals surface area (Å²) in [5.41, 5.74) is 2.78. The summed E-state index contributed by atoms with van der Waals surface area (Å²) < 4.78 is 10.9. The number of rotatable bonds is 2. The number of anilines is 1. The summed E-state index contributed by atoms with van der Waals surface area (Å²) >= 11 is 0. The average molecular weight is 309 g/mol. The fraction of sp³-hybridized carbons (Fsp3) is 0.222. The maximum Gasteiger partial charge on any atom is 0.344 e. The predicted molar refractivity (Wildman–Crippen MR) is 87.5 cm³/mol. The normalized spacial score (nSPS) is 15.0. The molecule has 4 rings (SSSR count). The second kappa shape index (κ2) is 5.85. The molecule has 116 valence electrons. The second-order valence-electron chi connectivity index (χ2n) is 5.56. The van der Waals surface area contributed by atoms with Crippen LogP contribution >= 0.6 is 0 Å². The molecule has 0 bridgehead atoms. The van der Waals surface area contributed by atoms with Gasteiger partial charge in [0.15, 0.2) is 12.4 Å². The summed E-state index contributed by atoms with van der Waals surface area (Å²) in [5, 5.41) is 0.921. The van der Waals surface area contributed by atoms with Gasteiger partial charge in [-0.3, -0.25) is 0 Å². The highest BCUT2D eigenvalue weighted by molar-refractivity contribution is 5.84. The van der Waals surface area contributed by atoms with Crippen molar-refractivity contribution in [1.82, 2.24) is 0 Å². The zero-order chi connectivity index (χ0) is 15.6. The Morgan fingerprint density at radius 1 is 1.00 bits per heavy atom. The summed E-state index contributed by atoms with van der Waals surface area (Å²) in [5.74, 6) is 0. The van der Waals surface area contributed by atoms with Crippen LogP contribution in [0.2, 0.25) is 0 Å². The SMILES string of the molecule is O=c1oc2cc(N3CCOCC3)ccc2cc1-c1cc[nH+]cc1. The molecule has 2 aromatic heterocycles. The number of fused-ring (bicyclic) bond motifs is 1. The van der Waals surface area contributed by atoms with Crippen LogP contribution in [0.5, 0.6) is 0 Å². The summed E-state index contributed by atoms with van der Waals surface area (Å²) in [6, 6.07) is 11.6. The van der Waals surface area contributed by atoms with Crippen molar-refractivity contribution < 1.29 is 14.1 Å². The van der Waals surface area contributed by atoms with Gasteiger partial charge >= 0.3 is 5.63 Å². The third-order valence-corrected chi connectivity index (χ3v) is 4.13. The van der Waals surface area contributed by atoms with Crippen molar-refractivity contribution in [3.63, 3.8) is 0 Å². The van der Waals surface area contributed by atoms with E-state index in [-0.39, 0.29) is 5.63 Å². The van der Waals surface area contributed by atoms with Gasteiger partial charge in [0.2, 0.25) is 0 Å². The Morgan fingerprint density at radius 3 is 2.57 bits per heavy atom. The number of pyridine rings is 1. The number of H-pyrrole nitrogens is 1. The van der Waals surface area contributed by atoms with Crippen LogP contribution in [0.1, 0.15) is 0 Å². The zero-order valence-electron chi connectivity index (χ0n) is 12.6. The highest BCUT2D eigenvalue weighted by Gasteiger charge is 2.13. The van der Waals surface area contributed by atoms with Gasteiger partial charge in [0.25, 0.3) is 0 Å². The van der Waals surface area contributed by atoms with Gasteiger partial charge in [0.05, 0.1) is 18.8 Å². The highest BCUT2D eigenvalue weighted by Crippen LogP contribution is 2.25. The summed E-state index contributed by atoms with van der Waals surface area (Å²) in [7, 11) is 0. The Bertz CT molecular complexity index is 884. The molecule has 0 aliphatic carbocycles. The van der Waals surface area contributed by atoms with E-state index in [1.165, 1.54) is 0 Å². The lowest BCUT2D eigenvalue weighted by Crippen LogP contribution is -2.36. The van der Waals surface area contributed by atoms with Gasteiger partial charge in [0, 0.05) is 47.9 Å². The molecular formula is C18H17N2O3+. The lowest BCUT2D eigenvalue weighted by Gasteiger charge is -2.28. The van der Waals surface area contributed by atoms with Crippen LogP contribution in [0.4, 0.5) is 5.69 Å². The fourth-order valence-electron chi connectivity index (χ4n) is 2.89. The molecule has 0 saturated carbocycles. The zero-order valence-corrected chi connectivity index (χ0v) is 12.6. The van der Waals surface area contributed by atoms with Crippen molar-refractivity contribution in [2.45, 2.75) is 0 Å². The molecule has 5 heteroatoms. The fourth-order valence-corrected chi connectivity index (χ4v) is 2.89. The van der Waals surface area contributed by atoms with Crippen molar-refractivity contribution in [2.24, 2.45) is 0 Å². The Labute approximate surface area is 133 Å². The molecule has 0 unspecified atom stereocenters. The third kappa shape index (κ3) is 2.71. The number of nitrogens with zero attached hydrogens (tertiary/aromatic N) is 1. The second-order valence-corrected chi connectivity index (χ2v) is 5.56. The lowest BCUT2D eigenvalue weighted by molar-refractivity contribution is -0.377. The van der Waals surface area contributed by atoms with E-state index in [0.717, 1.165) is 42.9 Å². The quantitative estimate of drug-likeness (QED) is 0.680. The molecule has 1 aliphatic heterocycles. The van der Waals surface area contributed by atoms with E-state index in [0.29, 0.717) is 11.1 Å². The molecule has 3 aromatic rings. The van der Waals surface area contributed by atoms with Crippen molar-refractivity contribution >= 4 is 16.7 Å². The minimum Gasteiger partial charge on any atom is -0.422 e. The maximum atomic E-state index is 12.3. The van der Waals surface area contributed by atoms with Gasteiger partial charge in [-0.1, -0.05) is 0 Å². The van der Waals surface area contributed by atoms with Gasteiger partial charge in [-0.2, -0.15) is 0 Å². The number of benzene rings is 1. The molecule has 1 aromatic carbocycles. The predicted octanol–water partition coefficient (Wildman–Crippen LogP) is 2.11. The van der Waals surface area contributed by atoms with Crippen LogP contribution in [-0.2, 0) is 4.74 Å². The average Bonchev–Trinajstić information content (AvgIpc) is 2.62. The first-order valence-corrected chi connectivity index (χ1v) is 7.68. The van der Waals surface area contributed by atoms with Gasteiger partial charge in [0.1, 0.15) is 5.58 Å². The van der Waals surface area contributed by atoms with Gasteiger partial charge < -0.3 is 14.1 Å². The first-order chi connectivity index (χ1) is 11.3. The maximum absolute atomic E-state index is 12.3. The summed E-state index contributed by atoms with van der Waals surface area (Å²) in [4.78, 5) is 17.5. The van der Waals surface area contributed by atoms with Gasteiger partial charge in [-0.05, 0) is 18.2 Å². The molecule has 1 aliphatic rings. The number of aromatic amines is 1. The molecule has 1 fully saturated rings. The number of hydrogen-bond donors (Lipinski definition) is 0. The van der Waals surface area contributed by atoms with Gasteiger partial charge in [-0.25, -0.2) is 9.78 Å². The number of ether oxygens (including phenoxy) is 1. The monoisotopic (exact) mass is 309 g/mol. The van der Waals surface area contributed by atoms with E-state index in [1.807, 2.05) is 30.3 Å².